The molecule has 0 aromatic heterocycles. The van der Waals surface area contributed by atoms with E-state index in [9.17, 15) is 18.4 Å². The first kappa shape index (κ1) is 15.4. The lowest BCUT2D eigenvalue weighted by Crippen LogP contribution is -2.38. The van der Waals surface area contributed by atoms with E-state index < -0.39 is 30.2 Å². The highest BCUT2D eigenvalue weighted by Crippen LogP contribution is 2.27. The third-order valence-corrected chi connectivity index (χ3v) is 2.86. The highest BCUT2D eigenvalue weighted by molar-refractivity contribution is 9.10. The van der Waals surface area contributed by atoms with E-state index in [0.29, 0.717) is 6.07 Å². The van der Waals surface area contributed by atoms with Crippen LogP contribution in [0.3, 0.4) is 0 Å². The molecule has 19 heavy (non-hydrogen) atoms. The minimum Gasteiger partial charge on any atom is -0.480 e. The molecule has 0 aliphatic carbocycles. The number of carbonyl (C=O) groups is 2. The first-order valence-corrected chi connectivity index (χ1v) is 6.06. The number of rotatable bonds is 4. The minimum absolute atomic E-state index is 0.0322. The third-order valence-electron chi connectivity index (χ3n) is 2.23. The highest BCUT2D eigenvalue weighted by Gasteiger charge is 2.18. The second-order valence-electron chi connectivity index (χ2n) is 3.58. The molecule has 0 saturated carbocycles. The van der Waals surface area contributed by atoms with E-state index in [1.807, 2.05) is 0 Å². The van der Waals surface area contributed by atoms with Crippen LogP contribution in [-0.2, 0) is 4.79 Å². The van der Waals surface area contributed by atoms with E-state index in [1.54, 1.807) is 6.92 Å². The van der Waals surface area contributed by atoms with Gasteiger partial charge in [0, 0.05) is 17.1 Å². The predicted octanol–water partition coefficient (Wildman–Crippen LogP) is 2.67. The molecule has 0 saturated heterocycles. The number of amides is 2. The topological polar surface area (TPSA) is 69.6 Å². The Morgan fingerprint density at radius 2 is 2.05 bits per heavy atom. The lowest BCUT2D eigenvalue weighted by Gasteiger charge is -2.19. The second-order valence-corrected chi connectivity index (χ2v) is 4.44. The van der Waals surface area contributed by atoms with Gasteiger partial charge in [-0.2, -0.15) is 0 Å². The van der Waals surface area contributed by atoms with Crippen molar-refractivity contribution >= 4 is 33.6 Å². The summed E-state index contributed by atoms with van der Waals surface area (Å²) >= 11 is 2.92. The number of hydrogen-bond acceptors (Lipinski definition) is 2. The van der Waals surface area contributed by atoms with E-state index in [-0.39, 0.29) is 16.7 Å². The number of nitrogens with one attached hydrogen (secondary N) is 1. The molecule has 104 valence electrons. The van der Waals surface area contributed by atoms with Crippen LogP contribution in [0.1, 0.15) is 6.92 Å². The average molecular weight is 337 g/mol. The quantitative estimate of drug-likeness (QED) is 0.888. The van der Waals surface area contributed by atoms with Crippen LogP contribution in [-0.4, -0.2) is 35.1 Å². The Bertz CT molecular complexity index is 488. The van der Waals surface area contributed by atoms with Crippen molar-refractivity contribution in [3.8, 4) is 0 Å². The number of anilines is 1. The number of urea groups is 1. The smallest absolute Gasteiger partial charge is 0.323 e. The molecular weight excluding hydrogens is 326 g/mol. The normalized spacial score (nSPS) is 10.1. The van der Waals surface area contributed by atoms with Crippen molar-refractivity contribution in [2.45, 2.75) is 6.92 Å². The maximum atomic E-state index is 13.5. The van der Waals surface area contributed by atoms with Gasteiger partial charge in [0.25, 0.3) is 0 Å². The van der Waals surface area contributed by atoms with Gasteiger partial charge in [-0.25, -0.2) is 13.6 Å². The number of nitrogens with zero attached hydrogens (tertiary/aromatic N) is 1. The highest BCUT2D eigenvalue weighted by atomic mass is 79.9. The Hall–Kier alpha value is -1.70. The largest absolute Gasteiger partial charge is 0.480 e. The Kier molecular flexibility index (Phi) is 5.22. The number of benzene rings is 1. The molecule has 0 bridgehead atoms. The maximum absolute atomic E-state index is 13.5. The molecule has 5 nitrogen and oxygen atoms in total. The molecule has 0 aliphatic heterocycles. The third kappa shape index (κ3) is 4.16. The Morgan fingerprint density at radius 3 is 2.53 bits per heavy atom. The second kappa shape index (κ2) is 6.46. The molecular formula is C11H11BrF2N2O3. The summed E-state index contributed by atoms with van der Waals surface area (Å²) in [5.74, 6) is -2.93. The molecule has 2 N–H and O–H groups in total. The molecule has 0 aliphatic rings. The summed E-state index contributed by atoms with van der Waals surface area (Å²) in [6, 6.07) is 0.830. The number of likely N-dealkylation sites (N-methyl/N-ethyl adjacent to an activating group) is 1. The zero-order chi connectivity index (χ0) is 14.6. The van der Waals surface area contributed by atoms with Gasteiger partial charge in [-0.05, 0) is 28.9 Å². The fraction of sp³-hybridized carbons (Fsp3) is 0.273. The molecule has 8 heteroatoms. The van der Waals surface area contributed by atoms with Gasteiger partial charge in [0.05, 0.1) is 5.69 Å². The molecule has 0 radical (unpaired) electrons. The molecule has 1 aromatic carbocycles. The molecule has 0 fully saturated rings. The van der Waals surface area contributed by atoms with Crippen molar-refractivity contribution in [3.63, 3.8) is 0 Å². The molecule has 0 heterocycles. The van der Waals surface area contributed by atoms with Gasteiger partial charge in [-0.1, -0.05) is 0 Å². The van der Waals surface area contributed by atoms with Crippen molar-refractivity contribution < 1.29 is 23.5 Å². The summed E-state index contributed by atoms with van der Waals surface area (Å²) < 4.78 is 26.4. The maximum Gasteiger partial charge on any atom is 0.323 e. The van der Waals surface area contributed by atoms with Crippen molar-refractivity contribution in [1.29, 1.82) is 0 Å². The van der Waals surface area contributed by atoms with Gasteiger partial charge in [-0.3, -0.25) is 4.79 Å². The van der Waals surface area contributed by atoms with Crippen molar-refractivity contribution in [3.05, 3.63) is 28.2 Å². The van der Waals surface area contributed by atoms with Gasteiger partial charge < -0.3 is 15.3 Å². The lowest BCUT2D eigenvalue weighted by atomic mass is 10.3. The summed E-state index contributed by atoms with van der Waals surface area (Å²) in [6.45, 7) is 1.21. The van der Waals surface area contributed by atoms with Crippen LogP contribution in [0.2, 0.25) is 0 Å². The molecule has 0 spiro atoms. The molecule has 1 rings (SSSR count). The summed E-state index contributed by atoms with van der Waals surface area (Å²) in [5.41, 5.74) is -0.241. The number of carboxylic acid groups (broad SMARTS) is 1. The fourth-order valence-corrected chi connectivity index (χ4v) is 1.85. The van der Waals surface area contributed by atoms with Crippen LogP contribution in [0.25, 0.3) is 0 Å². The SMILES string of the molecule is CCN(CC(=O)O)C(=O)Nc1c(F)cc(F)cc1Br. The van der Waals surface area contributed by atoms with Crippen LogP contribution in [0, 0.1) is 11.6 Å². The first-order chi connectivity index (χ1) is 8.85. The molecule has 0 unspecified atom stereocenters. The van der Waals surface area contributed by atoms with Crippen molar-refractivity contribution in [1.82, 2.24) is 4.90 Å². The number of aliphatic carboxylic acids is 1. The number of carboxylic acids is 1. The Balaban J connectivity index is 2.90. The van der Waals surface area contributed by atoms with E-state index >= 15 is 0 Å². The number of halogens is 3. The predicted molar refractivity (Wildman–Crippen MR) is 68.0 cm³/mol. The molecule has 0 atom stereocenters. The van der Waals surface area contributed by atoms with Crippen molar-refractivity contribution in [2.75, 3.05) is 18.4 Å². The summed E-state index contributed by atoms with van der Waals surface area (Å²) in [7, 11) is 0. The summed E-state index contributed by atoms with van der Waals surface area (Å²) in [6.07, 6.45) is 0. The monoisotopic (exact) mass is 336 g/mol. The van der Waals surface area contributed by atoms with Gasteiger partial charge in [-0.15, -0.1) is 0 Å². The zero-order valence-electron chi connectivity index (χ0n) is 9.91. The van der Waals surface area contributed by atoms with Gasteiger partial charge in [0.15, 0.2) is 5.82 Å². The van der Waals surface area contributed by atoms with Crippen LogP contribution >= 0.6 is 15.9 Å². The van der Waals surface area contributed by atoms with E-state index in [2.05, 4.69) is 21.2 Å². The van der Waals surface area contributed by atoms with Crippen LogP contribution < -0.4 is 5.32 Å². The first-order valence-electron chi connectivity index (χ1n) is 5.27. The fourth-order valence-electron chi connectivity index (χ4n) is 1.34. The molecule has 1 aromatic rings. The zero-order valence-corrected chi connectivity index (χ0v) is 11.5. The summed E-state index contributed by atoms with van der Waals surface area (Å²) in [5, 5.41) is 10.8. The van der Waals surface area contributed by atoms with Crippen LogP contribution in [0.15, 0.2) is 16.6 Å². The van der Waals surface area contributed by atoms with Crippen LogP contribution in [0.5, 0.6) is 0 Å². The standard InChI is InChI=1S/C11H11BrF2N2O3/c1-2-16(5-9(17)18)11(19)15-10-7(12)3-6(13)4-8(10)14/h3-4H,2,5H2,1H3,(H,15,19)(H,17,18). The summed E-state index contributed by atoms with van der Waals surface area (Å²) in [4.78, 5) is 23.3. The van der Waals surface area contributed by atoms with Gasteiger partial charge in [0.2, 0.25) is 0 Å². The number of hydrogen-bond donors (Lipinski definition) is 2. The van der Waals surface area contributed by atoms with Gasteiger partial charge >= 0.3 is 12.0 Å². The Labute approximate surface area is 116 Å². The minimum atomic E-state index is -1.18. The average Bonchev–Trinajstić information content (AvgIpc) is 2.30. The van der Waals surface area contributed by atoms with Crippen molar-refractivity contribution in [2.24, 2.45) is 0 Å². The van der Waals surface area contributed by atoms with Crippen LogP contribution in [0.4, 0.5) is 19.3 Å². The van der Waals surface area contributed by atoms with E-state index in [0.717, 1.165) is 11.0 Å². The van der Waals surface area contributed by atoms with E-state index in [1.165, 1.54) is 0 Å². The van der Waals surface area contributed by atoms with E-state index in [4.69, 9.17) is 5.11 Å². The molecule has 2 amide bonds. The number of carbonyl (C=O) groups excluding carboxylic acids is 1. The Morgan fingerprint density at radius 1 is 1.42 bits per heavy atom. The van der Waals surface area contributed by atoms with Gasteiger partial charge in [0.1, 0.15) is 12.4 Å². The lowest BCUT2D eigenvalue weighted by molar-refractivity contribution is -0.137.